The third-order valence-corrected chi connectivity index (χ3v) is 4.68. The van der Waals surface area contributed by atoms with Gasteiger partial charge >= 0.3 is 12.3 Å². The highest BCUT2D eigenvalue weighted by molar-refractivity contribution is 5.97. The summed E-state index contributed by atoms with van der Waals surface area (Å²) >= 11 is 0. The minimum atomic E-state index is -4.45. The Bertz CT molecular complexity index is 899. The number of nitrogens with zero attached hydrogens (tertiary/aromatic N) is 1. The fraction of sp³-hybridized carbons (Fsp3) is 0.333. The highest BCUT2D eigenvalue weighted by atomic mass is 19.4. The lowest BCUT2D eigenvalue weighted by molar-refractivity contribution is -0.137. The summed E-state index contributed by atoms with van der Waals surface area (Å²) in [5.41, 5.74) is 0.496. The quantitative estimate of drug-likeness (QED) is 0.740. The summed E-state index contributed by atoms with van der Waals surface area (Å²) in [5, 5.41) is 2.82. The molecule has 1 unspecified atom stereocenters. The lowest BCUT2D eigenvalue weighted by atomic mass is 9.99. The Morgan fingerprint density at radius 1 is 1.21 bits per heavy atom. The molecule has 0 aromatic heterocycles. The van der Waals surface area contributed by atoms with Gasteiger partial charge in [-0.05, 0) is 42.3 Å². The first-order valence-corrected chi connectivity index (χ1v) is 9.32. The van der Waals surface area contributed by atoms with Gasteiger partial charge in [-0.15, -0.1) is 0 Å². The second-order valence-corrected chi connectivity index (χ2v) is 6.75. The number of hydrogen-bond acceptors (Lipinski definition) is 3. The van der Waals surface area contributed by atoms with Gasteiger partial charge in [-0.2, -0.15) is 13.2 Å². The van der Waals surface area contributed by atoms with Crippen LogP contribution >= 0.6 is 0 Å². The second-order valence-electron chi connectivity index (χ2n) is 6.75. The number of amides is 2. The molecule has 2 aromatic carbocycles. The van der Waals surface area contributed by atoms with E-state index in [4.69, 9.17) is 4.74 Å². The Kier molecular flexibility index (Phi) is 6.10. The van der Waals surface area contributed by atoms with E-state index in [1.165, 1.54) is 11.0 Å². The van der Waals surface area contributed by atoms with Gasteiger partial charge in [0.15, 0.2) is 0 Å². The largest absolute Gasteiger partial charge is 0.447 e. The molecule has 1 N–H and O–H groups in total. The van der Waals surface area contributed by atoms with Crippen molar-refractivity contribution in [2.75, 3.05) is 18.1 Å². The number of carbonyl (C=O) groups excluding carboxylic acids is 2. The lowest BCUT2D eigenvalue weighted by Gasteiger charge is -2.20. The van der Waals surface area contributed by atoms with E-state index >= 15 is 0 Å². The molecule has 3 rings (SSSR count). The Labute approximate surface area is 166 Å². The minimum absolute atomic E-state index is 0.281. The molecule has 0 radical (unpaired) electrons. The van der Waals surface area contributed by atoms with Crippen LogP contribution in [0.2, 0.25) is 0 Å². The summed E-state index contributed by atoms with van der Waals surface area (Å²) in [5.74, 6) is -0.421. The van der Waals surface area contributed by atoms with Crippen LogP contribution in [0.25, 0.3) is 0 Å². The number of halogens is 3. The molecule has 0 saturated carbocycles. The molecule has 1 aliphatic heterocycles. The summed E-state index contributed by atoms with van der Waals surface area (Å²) < 4.78 is 44.0. The Hall–Kier alpha value is -3.03. The van der Waals surface area contributed by atoms with E-state index in [9.17, 15) is 22.8 Å². The van der Waals surface area contributed by atoms with Crippen LogP contribution in [0.3, 0.4) is 0 Å². The summed E-state index contributed by atoms with van der Waals surface area (Å²) in [4.78, 5) is 25.9. The highest BCUT2D eigenvalue weighted by Crippen LogP contribution is 2.31. The molecule has 1 heterocycles. The van der Waals surface area contributed by atoms with E-state index in [0.29, 0.717) is 36.2 Å². The van der Waals surface area contributed by atoms with Gasteiger partial charge in [0.2, 0.25) is 0 Å². The molecule has 8 heteroatoms. The molecule has 1 fully saturated rings. The number of alkyl halides is 3. The average Bonchev–Trinajstić information content (AvgIpc) is 3.13. The number of ether oxygens (including phenoxy) is 1. The third-order valence-electron chi connectivity index (χ3n) is 4.68. The number of carbonyl (C=O) groups is 2. The summed E-state index contributed by atoms with van der Waals surface area (Å²) in [6, 6.07) is 10.9. The van der Waals surface area contributed by atoms with Gasteiger partial charge in [-0.25, -0.2) is 4.79 Å². The number of hydrogen-bond donors (Lipinski definition) is 1. The monoisotopic (exact) mass is 406 g/mol. The van der Waals surface area contributed by atoms with Gasteiger partial charge in [0, 0.05) is 11.3 Å². The van der Waals surface area contributed by atoms with Crippen LogP contribution in [0.4, 0.5) is 23.7 Å². The van der Waals surface area contributed by atoms with Crippen molar-refractivity contribution < 1.29 is 27.5 Å². The molecular weight excluding hydrogens is 385 g/mol. The molecule has 2 aromatic rings. The number of nitrogens with one attached hydrogen (secondary N) is 1. The molecule has 2 amide bonds. The maximum Gasteiger partial charge on any atom is 0.416 e. The molecule has 0 bridgehead atoms. The number of benzene rings is 2. The zero-order chi connectivity index (χ0) is 21.0. The number of rotatable bonds is 6. The van der Waals surface area contributed by atoms with E-state index in [0.717, 1.165) is 12.1 Å². The number of cyclic esters (lactones) is 1. The van der Waals surface area contributed by atoms with Gasteiger partial charge in [-0.1, -0.05) is 31.5 Å². The van der Waals surface area contributed by atoms with Gasteiger partial charge < -0.3 is 10.1 Å². The second kappa shape index (κ2) is 8.55. The molecule has 0 aliphatic carbocycles. The van der Waals surface area contributed by atoms with Crippen LogP contribution in [0.1, 0.15) is 47.3 Å². The molecule has 1 saturated heterocycles. The van der Waals surface area contributed by atoms with Crippen molar-refractivity contribution in [2.45, 2.75) is 32.0 Å². The summed E-state index contributed by atoms with van der Waals surface area (Å²) in [7, 11) is 0. The number of anilines is 1. The van der Waals surface area contributed by atoms with Crippen molar-refractivity contribution in [1.29, 1.82) is 0 Å². The van der Waals surface area contributed by atoms with Crippen molar-refractivity contribution in [1.82, 2.24) is 5.32 Å². The Balaban J connectivity index is 1.81. The van der Waals surface area contributed by atoms with Crippen molar-refractivity contribution >= 4 is 17.7 Å². The smallest absolute Gasteiger partial charge is 0.416 e. The predicted molar refractivity (Wildman–Crippen MR) is 102 cm³/mol. The highest BCUT2D eigenvalue weighted by Gasteiger charge is 2.31. The average molecular weight is 406 g/mol. The van der Waals surface area contributed by atoms with Crippen molar-refractivity contribution in [3.8, 4) is 0 Å². The zero-order valence-corrected chi connectivity index (χ0v) is 15.8. The van der Waals surface area contributed by atoms with Gasteiger partial charge in [0.1, 0.15) is 6.61 Å². The van der Waals surface area contributed by atoms with Crippen molar-refractivity contribution in [3.05, 3.63) is 65.2 Å². The maximum absolute atomic E-state index is 13.0. The predicted octanol–water partition coefficient (Wildman–Crippen LogP) is 4.93. The minimum Gasteiger partial charge on any atom is -0.447 e. The summed E-state index contributed by atoms with van der Waals surface area (Å²) in [6.45, 7) is 2.57. The van der Waals surface area contributed by atoms with Crippen LogP contribution in [0.15, 0.2) is 48.5 Å². The topological polar surface area (TPSA) is 58.6 Å². The molecule has 0 spiro atoms. The van der Waals surface area contributed by atoms with E-state index in [-0.39, 0.29) is 6.61 Å². The molecule has 5 nitrogen and oxygen atoms in total. The maximum atomic E-state index is 13.0. The van der Waals surface area contributed by atoms with Crippen LogP contribution in [-0.2, 0) is 10.9 Å². The van der Waals surface area contributed by atoms with E-state index in [1.54, 1.807) is 30.3 Å². The first kappa shape index (κ1) is 20.7. The van der Waals surface area contributed by atoms with Gasteiger partial charge in [-0.3, -0.25) is 9.69 Å². The fourth-order valence-electron chi connectivity index (χ4n) is 3.23. The fourth-order valence-corrected chi connectivity index (χ4v) is 3.23. The van der Waals surface area contributed by atoms with E-state index in [2.05, 4.69) is 5.32 Å². The molecule has 1 atom stereocenters. The van der Waals surface area contributed by atoms with Crippen LogP contribution in [0, 0.1) is 0 Å². The SMILES string of the molecule is CCCC(NC(=O)c1cccc(N2CCOC2=O)c1)c1cccc(C(F)(F)F)c1. The van der Waals surface area contributed by atoms with Crippen LogP contribution < -0.4 is 10.2 Å². The Morgan fingerprint density at radius 2 is 1.97 bits per heavy atom. The first-order chi connectivity index (χ1) is 13.8. The molecule has 29 heavy (non-hydrogen) atoms. The van der Waals surface area contributed by atoms with Crippen molar-refractivity contribution in [2.24, 2.45) is 0 Å². The van der Waals surface area contributed by atoms with Crippen LogP contribution in [-0.4, -0.2) is 25.2 Å². The lowest BCUT2D eigenvalue weighted by Crippen LogP contribution is -2.29. The summed E-state index contributed by atoms with van der Waals surface area (Å²) in [6.07, 6.45) is -3.75. The zero-order valence-electron chi connectivity index (χ0n) is 15.8. The molecular formula is C21H21F3N2O3. The van der Waals surface area contributed by atoms with Crippen LogP contribution in [0.5, 0.6) is 0 Å². The molecule has 154 valence electrons. The van der Waals surface area contributed by atoms with Gasteiger partial charge in [0.05, 0.1) is 18.2 Å². The third kappa shape index (κ3) is 4.88. The Morgan fingerprint density at radius 3 is 2.62 bits per heavy atom. The standard InChI is InChI=1S/C21H21F3N2O3/c1-2-5-18(14-6-3-8-16(12-14)21(22,23)24)25-19(27)15-7-4-9-17(13-15)26-10-11-29-20(26)28/h3-4,6-9,12-13,18H,2,5,10-11H2,1H3,(H,25,27). The van der Waals surface area contributed by atoms with E-state index in [1.807, 2.05) is 6.92 Å². The first-order valence-electron chi connectivity index (χ1n) is 9.32. The van der Waals surface area contributed by atoms with Crippen molar-refractivity contribution in [3.63, 3.8) is 0 Å². The van der Waals surface area contributed by atoms with E-state index < -0.39 is 29.8 Å². The van der Waals surface area contributed by atoms with Gasteiger partial charge in [0.25, 0.3) is 5.91 Å². The normalized spacial score (nSPS) is 15.2. The molecule has 1 aliphatic rings.